The zero-order valence-electron chi connectivity index (χ0n) is 11.9. The van der Waals surface area contributed by atoms with Gasteiger partial charge in [-0.3, -0.25) is 9.59 Å². The molecule has 3 rings (SSSR count). The van der Waals surface area contributed by atoms with Crippen molar-refractivity contribution < 1.29 is 4.79 Å². The molecule has 1 aromatic carbocycles. The number of nitrogens with zero attached hydrogens (tertiary/aromatic N) is 3. The Hall–Kier alpha value is -2.54. The molecule has 2 aromatic heterocycles. The first-order valence-corrected chi connectivity index (χ1v) is 7.67. The Balaban J connectivity index is 1.78. The molecule has 0 radical (unpaired) electrons. The number of amides is 1. The molecule has 6 nitrogen and oxygen atoms in total. The summed E-state index contributed by atoms with van der Waals surface area (Å²) < 4.78 is 1.57. The van der Waals surface area contributed by atoms with Crippen LogP contribution >= 0.6 is 11.3 Å². The lowest BCUT2D eigenvalue weighted by molar-refractivity contribution is -0.116. The van der Waals surface area contributed by atoms with E-state index in [4.69, 9.17) is 0 Å². The number of thiazole rings is 1. The molecule has 0 aliphatic rings. The van der Waals surface area contributed by atoms with E-state index in [0.29, 0.717) is 17.2 Å². The third kappa shape index (κ3) is 2.89. The number of rotatable bonds is 4. The Labute approximate surface area is 130 Å². The fourth-order valence-corrected chi connectivity index (χ4v) is 2.75. The van der Waals surface area contributed by atoms with E-state index in [9.17, 15) is 9.59 Å². The van der Waals surface area contributed by atoms with Crippen molar-refractivity contribution in [1.82, 2.24) is 14.5 Å². The molecule has 0 aliphatic heterocycles. The Morgan fingerprint density at radius 3 is 2.95 bits per heavy atom. The molecular formula is C15H14N4O2S. The molecule has 0 saturated heterocycles. The number of aryl methyl sites for hydroxylation is 2. The third-order valence-electron chi connectivity index (χ3n) is 3.32. The monoisotopic (exact) mass is 314 g/mol. The third-order valence-corrected chi connectivity index (χ3v) is 4.01. The highest BCUT2D eigenvalue weighted by Crippen LogP contribution is 2.12. The van der Waals surface area contributed by atoms with Gasteiger partial charge in [-0.15, -0.1) is 11.3 Å². The first-order valence-electron chi connectivity index (χ1n) is 6.79. The van der Waals surface area contributed by atoms with Crippen LogP contribution in [-0.2, 0) is 18.3 Å². The smallest absolute Gasteiger partial charge is 0.272 e. The van der Waals surface area contributed by atoms with Crippen LogP contribution in [0, 0.1) is 0 Å². The zero-order chi connectivity index (χ0) is 15.5. The quantitative estimate of drug-likeness (QED) is 0.798. The minimum absolute atomic E-state index is 0.166. The maximum absolute atomic E-state index is 12.3. The van der Waals surface area contributed by atoms with Crippen LogP contribution in [0.5, 0.6) is 0 Å². The number of carbonyl (C=O) groups excluding carboxylic acids is 1. The van der Waals surface area contributed by atoms with Crippen LogP contribution < -0.4 is 10.9 Å². The van der Waals surface area contributed by atoms with Crippen molar-refractivity contribution in [1.29, 1.82) is 0 Å². The average Bonchev–Trinajstić information content (AvgIpc) is 3.02. The van der Waals surface area contributed by atoms with E-state index in [1.807, 2.05) is 24.3 Å². The van der Waals surface area contributed by atoms with Crippen molar-refractivity contribution >= 4 is 33.4 Å². The highest BCUT2D eigenvalue weighted by Gasteiger charge is 2.11. The second-order valence-electron chi connectivity index (χ2n) is 4.80. The van der Waals surface area contributed by atoms with Gasteiger partial charge in [0.05, 0.1) is 11.0 Å². The summed E-state index contributed by atoms with van der Waals surface area (Å²) in [4.78, 5) is 32.5. The second-order valence-corrected chi connectivity index (χ2v) is 5.69. The predicted octanol–water partition coefficient (Wildman–Crippen LogP) is 1.96. The molecule has 0 spiro atoms. The largest absolute Gasteiger partial charge is 0.308 e. The van der Waals surface area contributed by atoms with Gasteiger partial charge in [-0.2, -0.15) is 0 Å². The molecular weight excluding hydrogens is 300 g/mol. The Morgan fingerprint density at radius 1 is 1.36 bits per heavy atom. The van der Waals surface area contributed by atoms with E-state index in [0.717, 1.165) is 11.0 Å². The highest BCUT2D eigenvalue weighted by molar-refractivity contribution is 7.13. The van der Waals surface area contributed by atoms with Crippen LogP contribution in [0.25, 0.3) is 11.0 Å². The van der Waals surface area contributed by atoms with Gasteiger partial charge < -0.3 is 9.88 Å². The lowest BCUT2D eigenvalue weighted by Gasteiger charge is -2.07. The molecule has 0 aliphatic carbocycles. The van der Waals surface area contributed by atoms with Crippen LogP contribution in [0.1, 0.15) is 12.1 Å². The maximum Gasteiger partial charge on any atom is 0.272 e. The number of aromatic nitrogens is 3. The predicted molar refractivity (Wildman–Crippen MR) is 86.0 cm³/mol. The van der Waals surface area contributed by atoms with Crippen molar-refractivity contribution in [3.05, 3.63) is 51.9 Å². The summed E-state index contributed by atoms with van der Waals surface area (Å²) in [5.41, 5.74) is 1.76. The molecule has 7 heteroatoms. The van der Waals surface area contributed by atoms with Gasteiger partial charge in [0.25, 0.3) is 5.56 Å². The SMILES string of the molecule is Cn1c(=O)c(CCC(=O)Nc2nccs2)nc2ccccc21. The van der Waals surface area contributed by atoms with Crippen molar-refractivity contribution in [3.63, 3.8) is 0 Å². The molecule has 0 saturated carbocycles. The van der Waals surface area contributed by atoms with Gasteiger partial charge in [-0.05, 0) is 12.1 Å². The van der Waals surface area contributed by atoms with Crippen molar-refractivity contribution in [2.45, 2.75) is 12.8 Å². The van der Waals surface area contributed by atoms with E-state index >= 15 is 0 Å². The molecule has 1 N–H and O–H groups in total. The van der Waals surface area contributed by atoms with Gasteiger partial charge in [0.15, 0.2) is 5.13 Å². The number of para-hydroxylation sites is 2. The molecule has 112 valence electrons. The first-order chi connectivity index (χ1) is 10.6. The normalized spacial score (nSPS) is 10.8. The van der Waals surface area contributed by atoms with Crippen LogP contribution in [-0.4, -0.2) is 20.4 Å². The van der Waals surface area contributed by atoms with Crippen molar-refractivity contribution in [3.8, 4) is 0 Å². The molecule has 22 heavy (non-hydrogen) atoms. The summed E-state index contributed by atoms with van der Waals surface area (Å²) in [5, 5.41) is 5.04. The number of nitrogens with one attached hydrogen (secondary N) is 1. The minimum atomic E-state index is -0.174. The summed E-state index contributed by atoms with van der Waals surface area (Å²) in [6.07, 6.45) is 2.12. The number of benzene rings is 1. The van der Waals surface area contributed by atoms with Crippen LogP contribution in [0.2, 0.25) is 0 Å². The van der Waals surface area contributed by atoms with Crippen molar-refractivity contribution in [2.75, 3.05) is 5.32 Å². The number of anilines is 1. The van der Waals surface area contributed by atoms with Crippen LogP contribution in [0.3, 0.4) is 0 Å². The summed E-state index contributed by atoms with van der Waals surface area (Å²) >= 11 is 1.36. The van der Waals surface area contributed by atoms with Gasteiger partial charge >= 0.3 is 0 Å². The Bertz CT molecular complexity index is 871. The van der Waals surface area contributed by atoms with E-state index < -0.39 is 0 Å². The Kier molecular flexibility index (Phi) is 3.97. The minimum Gasteiger partial charge on any atom is -0.308 e. The summed E-state index contributed by atoms with van der Waals surface area (Å²) in [7, 11) is 1.71. The molecule has 0 unspecified atom stereocenters. The molecule has 1 amide bonds. The average molecular weight is 314 g/mol. The fourth-order valence-electron chi connectivity index (χ4n) is 2.20. The van der Waals surface area contributed by atoms with E-state index in [1.165, 1.54) is 11.3 Å². The zero-order valence-corrected chi connectivity index (χ0v) is 12.8. The summed E-state index contributed by atoms with van der Waals surface area (Å²) in [6, 6.07) is 7.44. The number of hydrogen-bond acceptors (Lipinski definition) is 5. The number of hydrogen-bond donors (Lipinski definition) is 1. The van der Waals surface area contributed by atoms with Gasteiger partial charge in [0, 0.05) is 31.5 Å². The molecule has 0 atom stereocenters. The first kappa shape index (κ1) is 14.4. The van der Waals surface area contributed by atoms with E-state index in [1.54, 1.807) is 23.2 Å². The second kappa shape index (κ2) is 6.07. The Morgan fingerprint density at radius 2 is 2.18 bits per heavy atom. The van der Waals surface area contributed by atoms with Crippen LogP contribution in [0.4, 0.5) is 5.13 Å². The van der Waals surface area contributed by atoms with Gasteiger partial charge in [-0.1, -0.05) is 12.1 Å². The lowest BCUT2D eigenvalue weighted by Crippen LogP contribution is -2.24. The number of fused-ring (bicyclic) bond motifs is 1. The van der Waals surface area contributed by atoms with E-state index in [2.05, 4.69) is 15.3 Å². The van der Waals surface area contributed by atoms with E-state index in [-0.39, 0.29) is 17.9 Å². The molecule has 3 aromatic rings. The summed E-state index contributed by atoms with van der Waals surface area (Å²) in [5.74, 6) is -0.174. The molecule has 2 heterocycles. The van der Waals surface area contributed by atoms with Crippen LogP contribution in [0.15, 0.2) is 40.6 Å². The highest BCUT2D eigenvalue weighted by atomic mass is 32.1. The van der Waals surface area contributed by atoms with Gasteiger partial charge in [0.1, 0.15) is 5.69 Å². The number of carbonyl (C=O) groups is 1. The summed E-state index contributed by atoms with van der Waals surface area (Å²) in [6.45, 7) is 0. The van der Waals surface area contributed by atoms with Crippen molar-refractivity contribution in [2.24, 2.45) is 7.05 Å². The fraction of sp³-hybridized carbons (Fsp3) is 0.200. The molecule has 0 fully saturated rings. The standard InChI is InChI=1S/C15H14N4O2S/c1-19-12-5-3-2-4-10(12)17-11(14(19)21)6-7-13(20)18-15-16-8-9-22-15/h2-5,8-9H,6-7H2,1H3,(H,16,18,20). The molecule has 0 bridgehead atoms. The van der Waals surface area contributed by atoms with Gasteiger partial charge in [0.2, 0.25) is 5.91 Å². The maximum atomic E-state index is 12.3. The lowest BCUT2D eigenvalue weighted by atomic mass is 10.2. The topological polar surface area (TPSA) is 76.9 Å². The van der Waals surface area contributed by atoms with Gasteiger partial charge in [-0.25, -0.2) is 9.97 Å².